The molecular weight excluding hydrogens is 426 g/mol. The zero-order chi connectivity index (χ0) is 22.9. The van der Waals surface area contributed by atoms with Crippen LogP contribution in [0.2, 0.25) is 0 Å². The molecule has 32 heavy (non-hydrogen) atoms. The van der Waals surface area contributed by atoms with E-state index in [4.69, 9.17) is 4.74 Å². The van der Waals surface area contributed by atoms with Gasteiger partial charge in [-0.2, -0.15) is 5.10 Å². The van der Waals surface area contributed by atoms with Crippen LogP contribution in [0.1, 0.15) is 39.8 Å². The minimum Gasteiger partial charge on any atom is -0.457 e. The van der Waals surface area contributed by atoms with Crippen LogP contribution in [0.3, 0.4) is 0 Å². The third-order valence-electron chi connectivity index (χ3n) is 5.83. The molecule has 1 fully saturated rings. The van der Waals surface area contributed by atoms with Crippen molar-refractivity contribution < 1.29 is 17.9 Å². The van der Waals surface area contributed by atoms with Crippen LogP contribution >= 0.6 is 0 Å². The number of aryl methyl sites for hydroxylation is 1. The average molecular weight is 454 g/mol. The molecule has 4 rings (SSSR count). The molecular formula is C24H27N3O4S. The van der Waals surface area contributed by atoms with Gasteiger partial charge in [-0.3, -0.25) is 9.48 Å². The number of para-hydroxylation sites is 1. The molecule has 3 aromatic rings. The predicted molar refractivity (Wildman–Crippen MR) is 123 cm³/mol. The lowest BCUT2D eigenvalue weighted by Crippen LogP contribution is -2.26. The first-order valence-electron chi connectivity index (χ1n) is 10.6. The van der Waals surface area contributed by atoms with Crippen LogP contribution in [-0.2, 0) is 16.4 Å². The Morgan fingerprint density at radius 3 is 2.53 bits per heavy atom. The maximum atomic E-state index is 13.1. The summed E-state index contributed by atoms with van der Waals surface area (Å²) in [7, 11) is -1.25. The molecule has 2 aromatic carbocycles. The molecule has 1 aliphatic rings. The average Bonchev–Trinajstić information content (AvgIpc) is 3.27. The fourth-order valence-electron chi connectivity index (χ4n) is 4.10. The number of carbonyl (C=O) groups is 1. The maximum Gasteiger partial charge on any atom is 0.254 e. The lowest BCUT2D eigenvalue weighted by molar-refractivity contribution is 0.0784. The van der Waals surface area contributed by atoms with Crippen molar-refractivity contribution in [1.29, 1.82) is 0 Å². The quantitative estimate of drug-likeness (QED) is 0.565. The lowest BCUT2D eigenvalue weighted by atomic mass is 10.1. The number of nitrogens with zero attached hydrogens (tertiary/aromatic N) is 3. The standard InChI is InChI=1S/C24H27N3O4S/c1-17-23(18(2)27(25-17)20-12-13-32(29,30)16-20)15-26(3)24(28)19-8-7-11-22(14-19)31-21-9-5-4-6-10-21/h4-11,14,20H,12-13,15-16H2,1-3H3/t20-/m0/s1. The van der Waals surface area contributed by atoms with Crippen molar-refractivity contribution in [3.8, 4) is 11.5 Å². The number of hydrogen-bond acceptors (Lipinski definition) is 5. The van der Waals surface area contributed by atoms with E-state index in [0.29, 0.717) is 30.0 Å². The fourth-order valence-corrected chi connectivity index (χ4v) is 5.79. The van der Waals surface area contributed by atoms with Crippen LogP contribution in [0.15, 0.2) is 54.6 Å². The Balaban J connectivity index is 1.49. The van der Waals surface area contributed by atoms with E-state index in [9.17, 15) is 13.2 Å². The largest absolute Gasteiger partial charge is 0.457 e. The van der Waals surface area contributed by atoms with Crippen molar-refractivity contribution in [2.24, 2.45) is 0 Å². The molecule has 2 heterocycles. The summed E-state index contributed by atoms with van der Waals surface area (Å²) in [6.07, 6.45) is 0.576. The second-order valence-electron chi connectivity index (χ2n) is 8.25. The highest BCUT2D eigenvalue weighted by Crippen LogP contribution is 2.28. The van der Waals surface area contributed by atoms with Gasteiger partial charge in [-0.25, -0.2) is 8.42 Å². The van der Waals surface area contributed by atoms with Gasteiger partial charge in [0.05, 0.1) is 23.2 Å². The summed E-state index contributed by atoms with van der Waals surface area (Å²) in [5, 5.41) is 4.60. The van der Waals surface area contributed by atoms with Gasteiger partial charge in [-0.1, -0.05) is 24.3 Å². The van der Waals surface area contributed by atoms with Gasteiger partial charge in [0.1, 0.15) is 11.5 Å². The van der Waals surface area contributed by atoms with Gasteiger partial charge in [0.25, 0.3) is 5.91 Å². The number of sulfone groups is 1. The highest BCUT2D eigenvalue weighted by atomic mass is 32.2. The SMILES string of the molecule is Cc1nn([C@H]2CCS(=O)(=O)C2)c(C)c1CN(C)C(=O)c1cccc(Oc2ccccc2)c1. The number of ether oxygens (including phenoxy) is 1. The second kappa shape index (κ2) is 8.78. The van der Waals surface area contributed by atoms with E-state index in [2.05, 4.69) is 5.10 Å². The molecule has 1 saturated heterocycles. The van der Waals surface area contributed by atoms with Crippen molar-refractivity contribution in [2.45, 2.75) is 32.9 Å². The molecule has 1 amide bonds. The van der Waals surface area contributed by atoms with E-state index in [1.54, 1.807) is 30.1 Å². The Hall–Kier alpha value is -3.13. The number of aromatic nitrogens is 2. The van der Waals surface area contributed by atoms with Crippen molar-refractivity contribution in [2.75, 3.05) is 18.6 Å². The molecule has 0 saturated carbocycles. The Bertz CT molecular complexity index is 1240. The van der Waals surface area contributed by atoms with Gasteiger partial charge in [0.2, 0.25) is 0 Å². The Morgan fingerprint density at radius 2 is 1.84 bits per heavy atom. The van der Waals surface area contributed by atoms with Gasteiger partial charge in [0.15, 0.2) is 9.84 Å². The minimum absolute atomic E-state index is 0.122. The van der Waals surface area contributed by atoms with E-state index in [1.165, 1.54) is 0 Å². The fraction of sp³-hybridized carbons (Fsp3) is 0.333. The molecule has 168 valence electrons. The Kier molecular flexibility index (Phi) is 6.06. The highest BCUT2D eigenvalue weighted by molar-refractivity contribution is 7.91. The van der Waals surface area contributed by atoms with Crippen LogP contribution in [0, 0.1) is 13.8 Å². The van der Waals surface area contributed by atoms with Crippen molar-refractivity contribution >= 4 is 15.7 Å². The second-order valence-corrected chi connectivity index (χ2v) is 10.5. The van der Waals surface area contributed by atoms with E-state index < -0.39 is 9.84 Å². The molecule has 0 aliphatic carbocycles. The van der Waals surface area contributed by atoms with Gasteiger partial charge in [-0.15, -0.1) is 0 Å². The summed E-state index contributed by atoms with van der Waals surface area (Å²) in [5.74, 6) is 1.50. The Morgan fingerprint density at radius 1 is 1.12 bits per heavy atom. The molecule has 7 nitrogen and oxygen atoms in total. The first-order valence-corrected chi connectivity index (χ1v) is 12.4. The molecule has 8 heteroatoms. The molecule has 1 aliphatic heterocycles. The summed E-state index contributed by atoms with van der Waals surface area (Å²) >= 11 is 0. The number of benzene rings is 2. The Labute approximate surface area is 188 Å². The summed E-state index contributed by atoms with van der Waals surface area (Å²) in [4.78, 5) is 14.7. The third-order valence-corrected chi connectivity index (χ3v) is 7.58. The number of hydrogen-bond donors (Lipinski definition) is 0. The summed E-state index contributed by atoms with van der Waals surface area (Å²) in [6.45, 7) is 4.22. The van der Waals surface area contributed by atoms with Gasteiger partial charge in [-0.05, 0) is 50.6 Å². The topological polar surface area (TPSA) is 81.5 Å². The van der Waals surface area contributed by atoms with E-state index in [-0.39, 0.29) is 23.5 Å². The first-order chi connectivity index (χ1) is 15.2. The molecule has 0 radical (unpaired) electrons. The lowest BCUT2D eigenvalue weighted by Gasteiger charge is -2.18. The maximum absolute atomic E-state index is 13.1. The summed E-state index contributed by atoms with van der Waals surface area (Å²) in [6, 6.07) is 16.4. The predicted octanol–water partition coefficient (Wildman–Crippen LogP) is 3.92. The molecule has 0 spiro atoms. The molecule has 0 N–H and O–H groups in total. The number of amides is 1. The summed E-state index contributed by atoms with van der Waals surface area (Å²) in [5.41, 5.74) is 3.20. The molecule has 1 aromatic heterocycles. The number of rotatable bonds is 6. The molecule has 0 bridgehead atoms. The zero-order valence-electron chi connectivity index (χ0n) is 18.5. The van der Waals surface area contributed by atoms with E-state index >= 15 is 0 Å². The highest BCUT2D eigenvalue weighted by Gasteiger charge is 2.31. The minimum atomic E-state index is -3.00. The van der Waals surface area contributed by atoms with Crippen LogP contribution in [-0.4, -0.2) is 47.6 Å². The third kappa shape index (κ3) is 4.70. The van der Waals surface area contributed by atoms with Crippen molar-refractivity contribution in [3.05, 3.63) is 77.1 Å². The van der Waals surface area contributed by atoms with Crippen LogP contribution in [0.4, 0.5) is 0 Å². The van der Waals surface area contributed by atoms with Gasteiger partial charge >= 0.3 is 0 Å². The van der Waals surface area contributed by atoms with Crippen molar-refractivity contribution in [3.63, 3.8) is 0 Å². The van der Waals surface area contributed by atoms with Gasteiger partial charge in [0, 0.05) is 30.4 Å². The van der Waals surface area contributed by atoms with Crippen LogP contribution in [0.25, 0.3) is 0 Å². The van der Waals surface area contributed by atoms with Crippen LogP contribution in [0.5, 0.6) is 11.5 Å². The van der Waals surface area contributed by atoms with E-state index in [1.807, 2.05) is 54.9 Å². The van der Waals surface area contributed by atoms with Crippen molar-refractivity contribution in [1.82, 2.24) is 14.7 Å². The van der Waals surface area contributed by atoms with Gasteiger partial charge < -0.3 is 9.64 Å². The zero-order valence-corrected chi connectivity index (χ0v) is 19.3. The molecule has 1 atom stereocenters. The van der Waals surface area contributed by atoms with E-state index in [0.717, 1.165) is 17.0 Å². The smallest absolute Gasteiger partial charge is 0.254 e. The monoisotopic (exact) mass is 453 g/mol. The summed E-state index contributed by atoms with van der Waals surface area (Å²) < 4.78 is 31.4. The first kappa shape index (κ1) is 22.1. The number of carbonyl (C=O) groups excluding carboxylic acids is 1. The molecule has 0 unspecified atom stereocenters. The van der Waals surface area contributed by atoms with Crippen LogP contribution < -0.4 is 4.74 Å². The normalized spacial score (nSPS) is 17.3.